The third kappa shape index (κ3) is 5.21. The minimum atomic E-state index is -3.75. The fourth-order valence-corrected chi connectivity index (χ4v) is 5.93. The summed E-state index contributed by atoms with van der Waals surface area (Å²) in [4.78, 5) is 2.20. The highest BCUT2D eigenvalue weighted by atomic mass is 35.5. The zero-order valence-electron chi connectivity index (χ0n) is 19.5. The number of hydrogen-bond acceptors (Lipinski definition) is 4. The smallest absolute Gasteiger partial charge is 0.236 e. The Balaban J connectivity index is 1.51. The number of sulfonamides is 1. The highest BCUT2D eigenvalue weighted by Gasteiger charge is 2.24. The molecule has 0 saturated carbocycles. The Bertz CT molecular complexity index is 1420. The van der Waals surface area contributed by atoms with Crippen LogP contribution in [0, 0.1) is 0 Å². The molecule has 2 heterocycles. The summed E-state index contributed by atoms with van der Waals surface area (Å²) in [5, 5.41) is 2.98. The maximum absolute atomic E-state index is 13.6. The normalized spacial score (nSPS) is 14.7. The quantitative estimate of drug-likeness (QED) is 0.305. The SMILES string of the molecule is CN1CCc2c(Cl)ccc3oc(/C=C/S(=O)(=O)N(Cc4ccccc4)Cc4ccccc4)c(c23)C1. The summed E-state index contributed by atoms with van der Waals surface area (Å²) in [5.74, 6) is 0.556. The molecule has 0 aliphatic carbocycles. The first-order chi connectivity index (χ1) is 16.9. The van der Waals surface area contributed by atoms with Crippen LogP contribution in [0.2, 0.25) is 5.02 Å². The molecule has 0 N–H and O–H groups in total. The van der Waals surface area contributed by atoms with Crippen molar-refractivity contribution >= 4 is 38.7 Å². The number of nitrogens with zero attached hydrogens (tertiary/aromatic N) is 2. The van der Waals surface area contributed by atoms with Gasteiger partial charge in [-0.3, -0.25) is 0 Å². The minimum absolute atomic E-state index is 0.276. The summed E-state index contributed by atoms with van der Waals surface area (Å²) in [6.45, 7) is 2.09. The van der Waals surface area contributed by atoms with E-state index in [0.717, 1.165) is 51.2 Å². The van der Waals surface area contributed by atoms with Gasteiger partial charge < -0.3 is 9.32 Å². The van der Waals surface area contributed by atoms with E-state index in [2.05, 4.69) is 4.90 Å². The number of likely N-dealkylation sites (N-methyl/N-ethyl adjacent to an activating group) is 1. The van der Waals surface area contributed by atoms with E-state index in [9.17, 15) is 8.42 Å². The molecule has 0 radical (unpaired) electrons. The van der Waals surface area contributed by atoms with Crippen LogP contribution in [-0.4, -0.2) is 31.2 Å². The molecule has 1 aliphatic heterocycles. The Morgan fingerprint density at radius 2 is 1.57 bits per heavy atom. The number of furan rings is 1. The molecule has 0 unspecified atom stereocenters. The first kappa shape index (κ1) is 23.8. The van der Waals surface area contributed by atoms with E-state index in [-0.39, 0.29) is 13.1 Å². The Labute approximate surface area is 211 Å². The molecule has 0 spiro atoms. The summed E-state index contributed by atoms with van der Waals surface area (Å²) in [6, 6.07) is 23.0. The molecule has 5 rings (SSSR count). The van der Waals surface area contributed by atoms with Crippen molar-refractivity contribution in [2.24, 2.45) is 0 Å². The lowest BCUT2D eigenvalue weighted by atomic mass is 10.0. The molecule has 5 nitrogen and oxygen atoms in total. The van der Waals surface area contributed by atoms with Crippen LogP contribution in [0.1, 0.15) is 28.0 Å². The lowest BCUT2D eigenvalue weighted by Crippen LogP contribution is -2.28. The van der Waals surface area contributed by atoms with Crippen LogP contribution < -0.4 is 0 Å². The van der Waals surface area contributed by atoms with E-state index in [0.29, 0.717) is 12.3 Å². The summed E-state index contributed by atoms with van der Waals surface area (Å²) in [7, 11) is -1.70. The second kappa shape index (κ2) is 9.99. The van der Waals surface area contributed by atoms with Gasteiger partial charge in [-0.05, 0) is 48.4 Å². The van der Waals surface area contributed by atoms with E-state index >= 15 is 0 Å². The standard InChI is InChI=1S/C28H27ClN2O3S/c1-30-16-14-23-25(29)12-13-27-28(23)24(20-30)26(34-27)15-17-35(32,33)31(18-21-8-4-2-5-9-21)19-22-10-6-3-7-11-22/h2-13,15,17H,14,16,18-20H2,1H3/b17-15+. The molecule has 0 fully saturated rings. The predicted octanol–water partition coefficient (Wildman–Crippen LogP) is 6.08. The Morgan fingerprint density at radius 3 is 2.20 bits per heavy atom. The molecule has 4 aromatic rings. The topological polar surface area (TPSA) is 53.8 Å². The maximum atomic E-state index is 13.6. The van der Waals surface area contributed by atoms with Crippen molar-refractivity contribution in [1.82, 2.24) is 9.21 Å². The van der Waals surface area contributed by atoms with Crippen LogP contribution in [0.3, 0.4) is 0 Å². The van der Waals surface area contributed by atoms with Crippen molar-refractivity contribution in [3.63, 3.8) is 0 Å². The van der Waals surface area contributed by atoms with Gasteiger partial charge in [0, 0.05) is 47.6 Å². The highest BCUT2D eigenvalue weighted by molar-refractivity contribution is 7.92. The van der Waals surface area contributed by atoms with Gasteiger partial charge in [0.2, 0.25) is 10.0 Å². The Kier molecular flexibility index (Phi) is 6.80. The third-order valence-electron chi connectivity index (χ3n) is 6.36. The average molecular weight is 507 g/mol. The molecular weight excluding hydrogens is 480 g/mol. The maximum Gasteiger partial charge on any atom is 0.236 e. The molecule has 1 aromatic heterocycles. The van der Waals surface area contributed by atoms with E-state index in [1.165, 1.54) is 9.71 Å². The van der Waals surface area contributed by atoms with Gasteiger partial charge in [-0.1, -0.05) is 72.3 Å². The minimum Gasteiger partial charge on any atom is -0.456 e. The van der Waals surface area contributed by atoms with Crippen molar-refractivity contribution in [3.8, 4) is 0 Å². The zero-order valence-corrected chi connectivity index (χ0v) is 21.1. The second-order valence-corrected chi connectivity index (χ2v) is 11.1. The largest absolute Gasteiger partial charge is 0.456 e. The van der Waals surface area contributed by atoms with Crippen LogP contribution in [0.5, 0.6) is 0 Å². The highest BCUT2D eigenvalue weighted by Crippen LogP contribution is 2.36. The molecule has 0 amide bonds. The molecule has 180 valence electrons. The van der Waals surface area contributed by atoms with Gasteiger partial charge in [-0.15, -0.1) is 0 Å². The van der Waals surface area contributed by atoms with Crippen LogP contribution in [0.15, 0.2) is 82.6 Å². The number of benzene rings is 3. The van der Waals surface area contributed by atoms with Crippen molar-refractivity contribution < 1.29 is 12.8 Å². The van der Waals surface area contributed by atoms with Crippen LogP contribution in [0.25, 0.3) is 17.0 Å². The second-order valence-electron chi connectivity index (χ2n) is 8.92. The molecule has 0 saturated heterocycles. The van der Waals surface area contributed by atoms with Crippen molar-refractivity contribution in [1.29, 1.82) is 0 Å². The van der Waals surface area contributed by atoms with Gasteiger partial charge >= 0.3 is 0 Å². The van der Waals surface area contributed by atoms with Gasteiger partial charge in [-0.2, -0.15) is 4.31 Å². The first-order valence-electron chi connectivity index (χ1n) is 11.6. The lowest BCUT2D eigenvalue weighted by Gasteiger charge is -2.20. The summed E-state index contributed by atoms with van der Waals surface area (Å²) in [5.41, 5.74) is 4.62. The van der Waals surface area contributed by atoms with Gasteiger partial charge in [0.15, 0.2) is 0 Å². The van der Waals surface area contributed by atoms with E-state index in [4.69, 9.17) is 16.0 Å². The van der Waals surface area contributed by atoms with E-state index < -0.39 is 10.0 Å². The fourth-order valence-electron chi connectivity index (χ4n) is 4.55. The van der Waals surface area contributed by atoms with Gasteiger partial charge in [0.25, 0.3) is 0 Å². The fraction of sp³-hybridized carbons (Fsp3) is 0.214. The van der Waals surface area contributed by atoms with Gasteiger partial charge in [0.1, 0.15) is 11.3 Å². The number of rotatable bonds is 7. The van der Waals surface area contributed by atoms with Crippen molar-refractivity contribution in [2.45, 2.75) is 26.1 Å². The van der Waals surface area contributed by atoms with E-state index in [1.54, 1.807) is 6.08 Å². The Morgan fingerprint density at radius 1 is 0.943 bits per heavy atom. The number of hydrogen-bond donors (Lipinski definition) is 0. The van der Waals surface area contributed by atoms with Crippen molar-refractivity contribution in [2.75, 3.05) is 13.6 Å². The summed E-state index contributed by atoms with van der Waals surface area (Å²) in [6.07, 6.45) is 2.41. The lowest BCUT2D eigenvalue weighted by molar-refractivity contribution is 0.334. The van der Waals surface area contributed by atoms with Gasteiger partial charge in [-0.25, -0.2) is 8.42 Å². The molecule has 0 atom stereocenters. The van der Waals surface area contributed by atoms with Crippen molar-refractivity contribution in [3.05, 3.63) is 111 Å². The van der Waals surface area contributed by atoms with Gasteiger partial charge in [0.05, 0.1) is 0 Å². The third-order valence-corrected chi connectivity index (χ3v) is 8.18. The summed E-state index contributed by atoms with van der Waals surface area (Å²) >= 11 is 6.50. The van der Waals surface area contributed by atoms with Crippen LogP contribution >= 0.6 is 11.6 Å². The monoisotopic (exact) mass is 506 g/mol. The van der Waals surface area contributed by atoms with Crippen LogP contribution in [-0.2, 0) is 36.1 Å². The van der Waals surface area contributed by atoms with E-state index in [1.807, 2.05) is 79.8 Å². The molecule has 7 heteroatoms. The molecule has 35 heavy (non-hydrogen) atoms. The molecule has 1 aliphatic rings. The first-order valence-corrected chi connectivity index (χ1v) is 13.5. The number of halogens is 1. The molecule has 3 aromatic carbocycles. The molecule has 0 bridgehead atoms. The average Bonchev–Trinajstić information content (AvgIpc) is 3.09. The van der Waals surface area contributed by atoms with Crippen LogP contribution in [0.4, 0.5) is 0 Å². The Hall–Kier alpha value is -2.90. The zero-order chi connectivity index (χ0) is 24.4. The predicted molar refractivity (Wildman–Crippen MR) is 141 cm³/mol. The summed E-state index contributed by atoms with van der Waals surface area (Å²) < 4.78 is 34.7. The molecular formula is C28H27ClN2O3S.